The van der Waals surface area contributed by atoms with E-state index in [1.807, 2.05) is 19.9 Å². The minimum Gasteiger partial charge on any atom is -0.466 e. The summed E-state index contributed by atoms with van der Waals surface area (Å²) in [7, 11) is 0. The molecule has 0 aromatic heterocycles. The van der Waals surface area contributed by atoms with E-state index in [0.29, 0.717) is 6.61 Å². The normalized spacial score (nSPS) is 14.1. The van der Waals surface area contributed by atoms with Gasteiger partial charge in [0.1, 0.15) is 6.04 Å². The fourth-order valence-corrected chi connectivity index (χ4v) is 0.990. The minimum absolute atomic E-state index is 0.120. The van der Waals surface area contributed by atoms with E-state index < -0.39 is 6.04 Å². The van der Waals surface area contributed by atoms with Crippen LogP contribution in [-0.2, 0) is 9.53 Å². The van der Waals surface area contributed by atoms with Crippen molar-refractivity contribution in [2.45, 2.75) is 45.7 Å². The Bertz CT molecular complexity index is 211. The molecule has 0 bridgehead atoms. The van der Waals surface area contributed by atoms with Gasteiger partial charge in [0.25, 0.3) is 0 Å². The molecule has 2 atom stereocenters. The molecule has 0 radical (unpaired) electrons. The Morgan fingerprint density at radius 1 is 1.57 bits per heavy atom. The van der Waals surface area contributed by atoms with E-state index in [-0.39, 0.29) is 18.4 Å². The molecule has 1 N–H and O–H groups in total. The molecular weight excluding hydrogens is 180 g/mol. The first-order valence-electron chi connectivity index (χ1n) is 4.95. The Hall–Kier alpha value is -1.08. The molecule has 0 spiro atoms. The van der Waals surface area contributed by atoms with Crippen molar-refractivity contribution in [3.63, 3.8) is 0 Å². The van der Waals surface area contributed by atoms with Gasteiger partial charge in [-0.05, 0) is 20.3 Å². The lowest BCUT2D eigenvalue weighted by atomic mass is 10.2. The standard InChI is InChI=1S/C10H18N2O2/c1-4-8(3)12-9(7-11)6-10(13)14-5-2/h8-9,12H,4-6H2,1-3H3. The van der Waals surface area contributed by atoms with Crippen molar-refractivity contribution in [2.75, 3.05) is 6.61 Å². The fraction of sp³-hybridized carbons (Fsp3) is 0.800. The first-order valence-corrected chi connectivity index (χ1v) is 4.95. The number of ether oxygens (including phenoxy) is 1. The van der Waals surface area contributed by atoms with Crippen molar-refractivity contribution in [2.24, 2.45) is 0 Å². The molecule has 0 saturated heterocycles. The molecule has 0 aliphatic carbocycles. The Labute approximate surface area is 85.2 Å². The van der Waals surface area contributed by atoms with Crippen LogP contribution >= 0.6 is 0 Å². The maximum absolute atomic E-state index is 11.1. The molecule has 4 heteroatoms. The highest BCUT2D eigenvalue weighted by Gasteiger charge is 2.15. The average molecular weight is 198 g/mol. The van der Waals surface area contributed by atoms with Crippen LogP contribution in [0.15, 0.2) is 0 Å². The average Bonchev–Trinajstić information content (AvgIpc) is 2.16. The zero-order chi connectivity index (χ0) is 11.0. The Morgan fingerprint density at radius 3 is 2.64 bits per heavy atom. The number of carbonyl (C=O) groups is 1. The van der Waals surface area contributed by atoms with Crippen LogP contribution in [0.5, 0.6) is 0 Å². The van der Waals surface area contributed by atoms with Gasteiger partial charge in [0.2, 0.25) is 0 Å². The Balaban J connectivity index is 3.92. The molecule has 0 rings (SSSR count). The SMILES string of the molecule is CCOC(=O)CC(C#N)NC(C)CC. The van der Waals surface area contributed by atoms with Gasteiger partial charge in [0.05, 0.1) is 19.1 Å². The zero-order valence-corrected chi connectivity index (χ0v) is 9.04. The third-order valence-corrected chi connectivity index (χ3v) is 1.93. The second kappa shape index (κ2) is 7.34. The van der Waals surface area contributed by atoms with Crippen LogP contribution in [0.1, 0.15) is 33.6 Å². The van der Waals surface area contributed by atoms with E-state index in [1.54, 1.807) is 6.92 Å². The molecule has 0 aromatic rings. The summed E-state index contributed by atoms with van der Waals surface area (Å²) in [5, 5.41) is 11.8. The zero-order valence-electron chi connectivity index (χ0n) is 9.04. The van der Waals surface area contributed by atoms with Crippen LogP contribution in [0.2, 0.25) is 0 Å². The fourth-order valence-electron chi connectivity index (χ4n) is 0.990. The lowest BCUT2D eigenvalue weighted by Gasteiger charge is -2.15. The van der Waals surface area contributed by atoms with Gasteiger partial charge in [-0.25, -0.2) is 0 Å². The van der Waals surface area contributed by atoms with Crippen LogP contribution in [0, 0.1) is 11.3 Å². The van der Waals surface area contributed by atoms with Crippen LogP contribution in [-0.4, -0.2) is 24.7 Å². The molecule has 0 heterocycles. The van der Waals surface area contributed by atoms with Gasteiger partial charge >= 0.3 is 5.97 Å². The van der Waals surface area contributed by atoms with Gasteiger partial charge in [-0.3, -0.25) is 10.1 Å². The molecule has 0 aliphatic rings. The van der Waals surface area contributed by atoms with E-state index in [2.05, 4.69) is 5.32 Å². The number of carbonyl (C=O) groups excluding carboxylic acids is 1. The third kappa shape index (κ3) is 5.55. The highest BCUT2D eigenvalue weighted by atomic mass is 16.5. The Kier molecular flexibility index (Phi) is 6.77. The van der Waals surface area contributed by atoms with Gasteiger partial charge in [-0.2, -0.15) is 5.26 Å². The Morgan fingerprint density at radius 2 is 2.21 bits per heavy atom. The van der Waals surface area contributed by atoms with Gasteiger partial charge in [-0.15, -0.1) is 0 Å². The lowest BCUT2D eigenvalue weighted by Crippen LogP contribution is -2.37. The highest BCUT2D eigenvalue weighted by molar-refractivity contribution is 5.70. The molecule has 0 aliphatic heterocycles. The molecule has 4 nitrogen and oxygen atoms in total. The van der Waals surface area contributed by atoms with Crippen molar-refractivity contribution in [1.29, 1.82) is 5.26 Å². The number of nitrogens with one attached hydrogen (secondary N) is 1. The van der Waals surface area contributed by atoms with Gasteiger partial charge in [0, 0.05) is 6.04 Å². The molecule has 0 saturated carbocycles. The third-order valence-electron chi connectivity index (χ3n) is 1.93. The van der Waals surface area contributed by atoms with Crippen molar-refractivity contribution < 1.29 is 9.53 Å². The summed E-state index contributed by atoms with van der Waals surface area (Å²) in [6.07, 6.45) is 1.05. The number of nitrogens with zero attached hydrogens (tertiary/aromatic N) is 1. The topological polar surface area (TPSA) is 62.1 Å². The van der Waals surface area contributed by atoms with E-state index in [1.165, 1.54) is 0 Å². The van der Waals surface area contributed by atoms with E-state index in [4.69, 9.17) is 10.00 Å². The van der Waals surface area contributed by atoms with Gasteiger partial charge < -0.3 is 4.74 Å². The van der Waals surface area contributed by atoms with Gasteiger partial charge in [-0.1, -0.05) is 6.92 Å². The monoisotopic (exact) mass is 198 g/mol. The summed E-state index contributed by atoms with van der Waals surface area (Å²) in [5.74, 6) is -0.324. The molecule has 0 aromatic carbocycles. The largest absolute Gasteiger partial charge is 0.466 e. The molecule has 0 fully saturated rings. The first kappa shape index (κ1) is 12.9. The second-order valence-electron chi connectivity index (χ2n) is 3.17. The summed E-state index contributed by atoms with van der Waals surface area (Å²) in [6.45, 7) is 6.12. The number of hydrogen-bond acceptors (Lipinski definition) is 4. The molecular formula is C10H18N2O2. The first-order chi connectivity index (χ1) is 6.63. The summed E-state index contributed by atoms with van der Waals surface area (Å²) in [5.41, 5.74) is 0. The van der Waals surface area contributed by atoms with Crippen LogP contribution < -0.4 is 5.32 Å². The molecule has 2 unspecified atom stereocenters. The number of rotatable bonds is 6. The summed E-state index contributed by atoms with van der Waals surface area (Å²) in [4.78, 5) is 11.1. The van der Waals surface area contributed by atoms with Crippen molar-refractivity contribution >= 4 is 5.97 Å². The van der Waals surface area contributed by atoms with E-state index in [0.717, 1.165) is 6.42 Å². The minimum atomic E-state index is -0.441. The molecule has 80 valence electrons. The molecule has 0 amide bonds. The van der Waals surface area contributed by atoms with Crippen molar-refractivity contribution in [1.82, 2.24) is 5.32 Å². The van der Waals surface area contributed by atoms with Gasteiger partial charge in [0.15, 0.2) is 0 Å². The van der Waals surface area contributed by atoms with Crippen LogP contribution in [0.3, 0.4) is 0 Å². The van der Waals surface area contributed by atoms with Crippen LogP contribution in [0.4, 0.5) is 0 Å². The predicted octanol–water partition coefficient (Wildman–Crippen LogP) is 1.22. The summed E-state index contributed by atoms with van der Waals surface area (Å²) in [6, 6.07) is 1.85. The maximum Gasteiger partial charge on any atom is 0.308 e. The van der Waals surface area contributed by atoms with Crippen molar-refractivity contribution in [3.8, 4) is 6.07 Å². The van der Waals surface area contributed by atoms with Crippen molar-refractivity contribution in [3.05, 3.63) is 0 Å². The lowest BCUT2D eigenvalue weighted by molar-refractivity contribution is -0.143. The summed E-state index contributed by atoms with van der Waals surface area (Å²) >= 11 is 0. The number of esters is 1. The summed E-state index contributed by atoms with van der Waals surface area (Å²) < 4.78 is 4.76. The predicted molar refractivity (Wildman–Crippen MR) is 53.5 cm³/mol. The highest BCUT2D eigenvalue weighted by Crippen LogP contribution is 1.98. The maximum atomic E-state index is 11.1. The number of nitriles is 1. The van der Waals surface area contributed by atoms with Crippen LogP contribution in [0.25, 0.3) is 0 Å². The second-order valence-corrected chi connectivity index (χ2v) is 3.17. The number of hydrogen-bond donors (Lipinski definition) is 1. The van der Waals surface area contributed by atoms with E-state index in [9.17, 15) is 4.79 Å². The molecule has 14 heavy (non-hydrogen) atoms. The van der Waals surface area contributed by atoms with E-state index >= 15 is 0 Å². The smallest absolute Gasteiger partial charge is 0.308 e. The quantitative estimate of drug-likeness (QED) is 0.652.